The maximum absolute atomic E-state index is 9.30. The summed E-state index contributed by atoms with van der Waals surface area (Å²) in [4.78, 5) is 0. The Morgan fingerprint density at radius 2 is 1.92 bits per heavy atom. The molecule has 0 aromatic rings. The first-order chi connectivity index (χ1) is 5.57. The van der Waals surface area contributed by atoms with Gasteiger partial charge in [0, 0.05) is 0 Å². The zero-order chi connectivity index (χ0) is 9.30. The zero-order valence-electron chi connectivity index (χ0n) is 6.37. The van der Waals surface area contributed by atoms with E-state index in [1.54, 1.807) is 0 Å². The van der Waals surface area contributed by atoms with E-state index < -0.39 is 29.8 Å². The van der Waals surface area contributed by atoms with Crippen molar-refractivity contribution in [3.63, 3.8) is 0 Å². The molecule has 1 fully saturated rings. The number of aliphatic hydroxyl groups is 3. The lowest BCUT2D eigenvalue weighted by Crippen LogP contribution is -2.60. The van der Waals surface area contributed by atoms with Gasteiger partial charge in [0.1, 0.15) is 23.7 Å². The third-order valence-corrected chi connectivity index (χ3v) is 2.41. The Balaban J connectivity index is 2.63. The highest BCUT2D eigenvalue weighted by atomic mass is 32.1. The van der Waals surface area contributed by atoms with Crippen molar-refractivity contribution in [3.8, 4) is 0 Å². The molecular weight excluding hydrogens is 182 g/mol. The van der Waals surface area contributed by atoms with E-state index in [9.17, 15) is 10.2 Å². The molecular formula is C6H13NO4S. The fraction of sp³-hybridized carbons (Fsp3) is 1.00. The summed E-state index contributed by atoms with van der Waals surface area (Å²) in [5, 5.41) is 27.3. The van der Waals surface area contributed by atoms with E-state index in [2.05, 4.69) is 12.6 Å². The van der Waals surface area contributed by atoms with E-state index in [-0.39, 0.29) is 6.61 Å². The molecule has 0 aliphatic carbocycles. The Morgan fingerprint density at radius 1 is 1.33 bits per heavy atom. The van der Waals surface area contributed by atoms with Gasteiger partial charge in [0.05, 0.1) is 12.6 Å². The van der Waals surface area contributed by atoms with Crippen molar-refractivity contribution in [2.24, 2.45) is 5.73 Å². The average molecular weight is 195 g/mol. The van der Waals surface area contributed by atoms with Gasteiger partial charge in [-0.05, 0) is 0 Å². The van der Waals surface area contributed by atoms with Gasteiger partial charge >= 0.3 is 0 Å². The molecule has 0 amide bonds. The number of hydrogen-bond acceptors (Lipinski definition) is 6. The predicted octanol–water partition coefficient (Wildman–Crippen LogP) is -2.32. The predicted molar refractivity (Wildman–Crippen MR) is 44.7 cm³/mol. The first kappa shape index (κ1) is 10.2. The van der Waals surface area contributed by atoms with Crippen molar-refractivity contribution in [1.82, 2.24) is 0 Å². The van der Waals surface area contributed by atoms with Crippen LogP contribution >= 0.6 is 12.6 Å². The van der Waals surface area contributed by atoms with E-state index in [0.29, 0.717) is 0 Å². The molecule has 0 radical (unpaired) electrons. The van der Waals surface area contributed by atoms with E-state index in [0.717, 1.165) is 0 Å². The third kappa shape index (κ3) is 1.73. The molecule has 6 heteroatoms. The van der Waals surface area contributed by atoms with Gasteiger partial charge in [-0.1, -0.05) is 0 Å². The molecule has 12 heavy (non-hydrogen) atoms. The molecule has 72 valence electrons. The molecule has 0 saturated carbocycles. The van der Waals surface area contributed by atoms with Gasteiger partial charge in [-0.25, -0.2) is 0 Å². The van der Waals surface area contributed by atoms with Gasteiger partial charge < -0.3 is 25.8 Å². The Hall–Kier alpha value is 0.150. The van der Waals surface area contributed by atoms with Crippen molar-refractivity contribution in [2.75, 3.05) is 6.61 Å². The second kappa shape index (κ2) is 3.91. The fourth-order valence-corrected chi connectivity index (χ4v) is 1.45. The molecule has 0 spiro atoms. The molecule has 5 N–H and O–H groups in total. The number of nitrogens with two attached hydrogens (primary N) is 1. The Morgan fingerprint density at radius 3 is 2.42 bits per heavy atom. The highest BCUT2D eigenvalue weighted by Crippen LogP contribution is 2.21. The molecule has 1 heterocycles. The first-order valence-corrected chi connectivity index (χ1v) is 4.15. The molecule has 1 aliphatic heterocycles. The summed E-state index contributed by atoms with van der Waals surface area (Å²) in [5.74, 6) is 0. The minimum atomic E-state index is -1.15. The van der Waals surface area contributed by atoms with Crippen molar-refractivity contribution < 1.29 is 20.1 Å². The summed E-state index contributed by atoms with van der Waals surface area (Å²) in [7, 11) is 0. The monoisotopic (exact) mass is 195 g/mol. The molecule has 5 atom stereocenters. The van der Waals surface area contributed by atoms with Crippen LogP contribution in [-0.4, -0.2) is 51.7 Å². The van der Waals surface area contributed by atoms with E-state index in [1.807, 2.05) is 0 Å². The van der Waals surface area contributed by atoms with Crippen LogP contribution in [-0.2, 0) is 4.74 Å². The summed E-state index contributed by atoms with van der Waals surface area (Å²) < 4.78 is 5.01. The maximum Gasteiger partial charge on any atom is 0.118 e. The van der Waals surface area contributed by atoms with Crippen LogP contribution < -0.4 is 5.73 Å². The Bertz CT molecular complexity index is 154. The third-order valence-electron chi connectivity index (χ3n) is 1.95. The standard InChI is InChI=1S/C6H13NO4S/c7-3-5(10)4(9)2(1-8)11-6(3)12/h2-6,8-10,12H,1,7H2/t2-,3-,4-,5-,6?/m1/s1. The van der Waals surface area contributed by atoms with E-state index in [4.69, 9.17) is 15.6 Å². The lowest BCUT2D eigenvalue weighted by Gasteiger charge is -2.38. The van der Waals surface area contributed by atoms with Crippen LogP contribution in [0.25, 0.3) is 0 Å². The lowest BCUT2D eigenvalue weighted by atomic mass is 9.99. The van der Waals surface area contributed by atoms with Crippen molar-refractivity contribution in [1.29, 1.82) is 0 Å². The average Bonchev–Trinajstić information content (AvgIpc) is 2.08. The summed E-state index contributed by atoms with van der Waals surface area (Å²) in [6.45, 7) is -0.359. The van der Waals surface area contributed by atoms with E-state index in [1.165, 1.54) is 0 Å². The molecule has 5 nitrogen and oxygen atoms in total. The molecule has 1 aliphatic rings. The van der Waals surface area contributed by atoms with Crippen molar-refractivity contribution in [3.05, 3.63) is 0 Å². The largest absolute Gasteiger partial charge is 0.394 e. The minimum absolute atomic E-state index is 0.359. The summed E-state index contributed by atoms with van der Waals surface area (Å²) in [6, 6.07) is -0.730. The SMILES string of the molecule is N[C@H]1C(S)O[C@H](CO)[C@@H](O)[C@@H]1O. The zero-order valence-corrected chi connectivity index (χ0v) is 7.26. The molecule has 1 rings (SSSR count). The molecule has 1 saturated heterocycles. The highest BCUT2D eigenvalue weighted by Gasteiger charge is 2.40. The summed E-state index contributed by atoms with van der Waals surface area (Å²) in [6.07, 6.45) is -3.05. The van der Waals surface area contributed by atoms with Crippen molar-refractivity contribution >= 4 is 12.6 Å². The van der Waals surface area contributed by atoms with Gasteiger partial charge in [0.2, 0.25) is 0 Å². The van der Waals surface area contributed by atoms with Crippen molar-refractivity contribution in [2.45, 2.75) is 29.8 Å². The van der Waals surface area contributed by atoms with Gasteiger partial charge in [-0.15, -0.1) is 12.6 Å². The number of aliphatic hydroxyl groups excluding tert-OH is 3. The Labute approximate surface area is 75.5 Å². The smallest absolute Gasteiger partial charge is 0.118 e. The second-order valence-electron chi connectivity index (χ2n) is 2.81. The number of hydrogen-bond donors (Lipinski definition) is 5. The first-order valence-electron chi connectivity index (χ1n) is 3.64. The quantitative estimate of drug-likeness (QED) is 0.303. The second-order valence-corrected chi connectivity index (χ2v) is 3.32. The minimum Gasteiger partial charge on any atom is -0.394 e. The number of rotatable bonds is 1. The van der Waals surface area contributed by atoms with Crippen LogP contribution in [0.15, 0.2) is 0 Å². The molecule has 0 aromatic carbocycles. The normalized spacial score (nSPS) is 49.2. The fourth-order valence-electron chi connectivity index (χ4n) is 1.12. The number of ether oxygens (including phenoxy) is 1. The molecule has 0 bridgehead atoms. The topological polar surface area (TPSA) is 95.9 Å². The summed E-state index contributed by atoms with van der Waals surface area (Å²) in [5.41, 5.74) is 4.78. The van der Waals surface area contributed by atoms with Gasteiger partial charge in [-0.2, -0.15) is 0 Å². The van der Waals surface area contributed by atoms with Crippen LogP contribution in [0.1, 0.15) is 0 Å². The molecule has 1 unspecified atom stereocenters. The maximum atomic E-state index is 9.30. The van der Waals surface area contributed by atoms with Crippen LogP contribution in [0, 0.1) is 0 Å². The van der Waals surface area contributed by atoms with E-state index >= 15 is 0 Å². The van der Waals surface area contributed by atoms with Gasteiger partial charge in [0.25, 0.3) is 0 Å². The highest BCUT2D eigenvalue weighted by molar-refractivity contribution is 7.80. The van der Waals surface area contributed by atoms with Gasteiger partial charge in [-0.3, -0.25) is 0 Å². The summed E-state index contributed by atoms with van der Waals surface area (Å²) >= 11 is 3.94. The van der Waals surface area contributed by atoms with Crippen LogP contribution in [0.5, 0.6) is 0 Å². The molecule has 0 aromatic heterocycles. The lowest BCUT2D eigenvalue weighted by molar-refractivity contribution is -0.165. The van der Waals surface area contributed by atoms with Crippen LogP contribution in [0.3, 0.4) is 0 Å². The van der Waals surface area contributed by atoms with Crippen LogP contribution in [0.2, 0.25) is 0 Å². The number of thiol groups is 1. The Kier molecular flexibility index (Phi) is 3.33. The van der Waals surface area contributed by atoms with Crippen LogP contribution in [0.4, 0.5) is 0 Å². The van der Waals surface area contributed by atoms with Gasteiger partial charge in [0.15, 0.2) is 0 Å².